The molecule has 0 spiro atoms. The summed E-state index contributed by atoms with van der Waals surface area (Å²) in [4.78, 5) is 7.19. The van der Waals surface area contributed by atoms with Crippen molar-refractivity contribution in [3.8, 4) is 0 Å². The van der Waals surface area contributed by atoms with Crippen LogP contribution in [0.3, 0.4) is 0 Å². The van der Waals surface area contributed by atoms with Crippen molar-refractivity contribution in [2.45, 2.75) is 13.0 Å². The average Bonchev–Trinajstić information content (AvgIpc) is 2.92. The van der Waals surface area contributed by atoms with E-state index in [0.717, 1.165) is 17.8 Å². The van der Waals surface area contributed by atoms with Gasteiger partial charge in [-0.1, -0.05) is 6.07 Å². The van der Waals surface area contributed by atoms with Crippen molar-refractivity contribution >= 4 is 23.3 Å². The van der Waals surface area contributed by atoms with E-state index in [-0.39, 0.29) is 5.82 Å². The van der Waals surface area contributed by atoms with Gasteiger partial charge in [0.2, 0.25) is 0 Å². The Morgan fingerprint density at radius 3 is 3.00 bits per heavy atom. The summed E-state index contributed by atoms with van der Waals surface area (Å²) in [6.45, 7) is 0.674. The van der Waals surface area contributed by atoms with Crippen molar-refractivity contribution in [2.24, 2.45) is 7.05 Å². The predicted octanol–water partition coefficient (Wildman–Crippen LogP) is 2.81. The molecule has 0 saturated carbocycles. The molecule has 0 saturated heterocycles. The smallest absolute Gasteiger partial charge is 0.178 e. The fraction of sp³-hybridized carbons (Fsp3) is 0.231. The molecular formula is C13H13FN4S. The molecule has 1 aromatic carbocycles. The second-order valence-electron chi connectivity index (χ2n) is 4.42. The molecule has 0 atom stereocenters. The van der Waals surface area contributed by atoms with Crippen LogP contribution in [0, 0.1) is 10.6 Å². The topological polar surface area (TPSA) is 38.5 Å². The Bertz CT molecular complexity index is 783. The van der Waals surface area contributed by atoms with E-state index in [4.69, 9.17) is 12.2 Å². The zero-order valence-electron chi connectivity index (χ0n) is 10.4. The van der Waals surface area contributed by atoms with Crippen LogP contribution in [0.1, 0.15) is 5.82 Å². The van der Waals surface area contributed by atoms with E-state index in [1.54, 1.807) is 12.3 Å². The molecule has 1 N–H and O–H groups in total. The number of para-hydroxylation sites is 1. The van der Waals surface area contributed by atoms with Crippen molar-refractivity contribution in [3.05, 3.63) is 47.0 Å². The summed E-state index contributed by atoms with van der Waals surface area (Å²) in [7, 11) is 1.95. The number of fused-ring (bicyclic) bond motifs is 1. The van der Waals surface area contributed by atoms with Gasteiger partial charge in [0, 0.05) is 32.4 Å². The molecule has 98 valence electrons. The largest absolute Gasteiger partial charge is 0.338 e. The fourth-order valence-corrected chi connectivity index (χ4v) is 2.51. The van der Waals surface area contributed by atoms with Gasteiger partial charge >= 0.3 is 0 Å². The van der Waals surface area contributed by atoms with Crippen molar-refractivity contribution < 1.29 is 4.39 Å². The van der Waals surface area contributed by atoms with Gasteiger partial charge in [0.25, 0.3) is 0 Å². The van der Waals surface area contributed by atoms with Crippen LogP contribution in [0.2, 0.25) is 0 Å². The fourth-order valence-electron chi connectivity index (χ4n) is 2.22. The lowest BCUT2D eigenvalue weighted by Crippen LogP contribution is -2.05. The number of rotatable bonds is 3. The number of hydrogen-bond acceptors (Lipinski definition) is 2. The molecule has 3 aromatic rings. The molecule has 0 aliphatic carbocycles. The summed E-state index contributed by atoms with van der Waals surface area (Å²) in [6.07, 6.45) is 4.42. The highest BCUT2D eigenvalue weighted by Gasteiger charge is 2.09. The number of aromatic nitrogens is 4. The first-order valence-corrected chi connectivity index (χ1v) is 6.41. The first-order valence-electron chi connectivity index (χ1n) is 6.00. The van der Waals surface area contributed by atoms with E-state index in [0.29, 0.717) is 16.8 Å². The number of imidazole rings is 2. The highest BCUT2D eigenvalue weighted by Crippen LogP contribution is 2.17. The molecule has 2 heterocycles. The van der Waals surface area contributed by atoms with Gasteiger partial charge in [-0.25, -0.2) is 9.37 Å². The second kappa shape index (κ2) is 4.62. The zero-order valence-corrected chi connectivity index (χ0v) is 11.2. The number of benzene rings is 1. The molecule has 0 radical (unpaired) electrons. The minimum atomic E-state index is -0.278. The Balaban J connectivity index is 1.97. The Morgan fingerprint density at radius 1 is 1.42 bits per heavy atom. The molecule has 3 rings (SSSR count). The maximum atomic E-state index is 13.6. The lowest BCUT2D eigenvalue weighted by molar-refractivity contribution is 0.637. The summed E-state index contributed by atoms with van der Waals surface area (Å²) >= 11 is 5.25. The number of halogens is 1. The van der Waals surface area contributed by atoms with Gasteiger partial charge in [0.1, 0.15) is 17.2 Å². The molecule has 19 heavy (non-hydrogen) atoms. The van der Waals surface area contributed by atoms with Gasteiger partial charge < -0.3 is 14.1 Å². The maximum absolute atomic E-state index is 13.6. The summed E-state index contributed by atoms with van der Waals surface area (Å²) in [5, 5.41) is 0. The van der Waals surface area contributed by atoms with Crippen molar-refractivity contribution in [2.75, 3.05) is 0 Å². The number of H-pyrrole nitrogens is 1. The number of hydrogen-bond donors (Lipinski definition) is 1. The Kier molecular flexibility index (Phi) is 2.94. The highest BCUT2D eigenvalue weighted by molar-refractivity contribution is 7.71. The molecule has 0 fully saturated rings. The minimum Gasteiger partial charge on any atom is -0.338 e. The SMILES string of the molecule is Cn1ccnc1CCn1c(=S)[nH]c2c(F)cccc21. The van der Waals surface area contributed by atoms with Gasteiger partial charge in [-0.05, 0) is 24.4 Å². The summed E-state index contributed by atoms with van der Waals surface area (Å²) in [5.74, 6) is 0.701. The van der Waals surface area contributed by atoms with Crippen LogP contribution in [0.4, 0.5) is 4.39 Å². The van der Waals surface area contributed by atoms with Crippen LogP contribution >= 0.6 is 12.2 Å². The third-order valence-electron chi connectivity index (χ3n) is 3.24. The quantitative estimate of drug-likeness (QED) is 0.747. The molecular weight excluding hydrogens is 263 g/mol. The maximum Gasteiger partial charge on any atom is 0.178 e. The van der Waals surface area contributed by atoms with Crippen LogP contribution in [-0.2, 0) is 20.0 Å². The lowest BCUT2D eigenvalue weighted by atomic mass is 10.3. The van der Waals surface area contributed by atoms with Crippen LogP contribution < -0.4 is 0 Å². The monoisotopic (exact) mass is 276 g/mol. The summed E-state index contributed by atoms with van der Waals surface area (Å²) < 4.78 is 18.1. The standard InChI is InChI=1S/C13H13FN4S/c1-17-8-6-15-11(17)5-7-18-10-4-2-3-9(14)12(10)16-13(18)19/h2-4,6,8H,5,7H2,1H3,(H,16,19). The van der Waals surface area contributed by atoms with E-state index in [9.17, 15) is 4.39 Å². The minimum absolute atomic E-state index is 0.278. The normalized spacial score (nSPS) is 11.3. The molecule has 4 nitrogen and oxygen atoms in total. The van der Waals surface area contributed by atoms with E-state index >= 15 is 0 Å². The number of nitrogens with one attached hydrogen (secondary N) is 1. The Morgan fingerprint density at radius 2 is 2.26 bits per heavy atom. The first kappa shape index (κ1) is 12.1. The third-order valence-corrected chi connectivity index (χ3v) is 3.56. The van der Waals surface area contributed by atoms with Crippen molar-refractivity contribution in [1.82, 2.24) is 19.1 Å². The highest BCUT2D eigenvalue weighted by atomic mass is 32.1. The average molecular weight is 276 g/mol. The van der Waals surface area contributed by atoms with Gasteiger partial charge in [-0.2, -0.15) is 0 Å². The predicted molar refractivity (Wildman–Crippen MR) is 74.0 cm³/mol. The molecule has 2 aromatic heterocycles. The van der Waals surface area contributed by atoms with Crippen molar-refractivity contribution in [1.29, 1.82) is 0 Å². The first-order chi connectivity index (χ1) is 9.16. The van der Waals surface area contributed by atoms with E-state index in [1.165, 1.54) is 6.07 Å². The molecule has 0 aliphatic rings. The molecule has 0 unspecified atom stereocenters. The zero-order chi connectivity index (χ0) is 13.4. The van der Waals surface area contributed by atoms with E-state index in [2.05, 4.69) is 9.97 Å². The Labute approximate surface area is 114 Å². The van der Waals surface area contributed by atoms with Crippen LogP contribution in [0.5, 0.6) is 0 Å². The second-order valence-corrected chi connectivity index (χ2v) is 4.81. The molecule has 0 bridgehead atoms. The summed E-state index contributed by atoms with van der Waals surface area (Å²) in [6, 6.07) is 4.98. The van der Waals surface area contributed by atoms with E-state index < -0.39 is 0 Å². The number of nitrogens with zero attached hydrogens (tertiary/aromatic N) is 3. The number of aryl methyl sites for hydroxylation is 3. The van der Waals surface area contributed by atoms with Crippen molar-refractivity contribution in [3.63, 3.8) is 0 Å². The van der Waals surface area contributed by atoms with Crippen LogP contribution in [0.25, 0.3) is 11.0 Å². The molecule has 0 aliphatic heterocycles. The summed E-state index contributed by atoms with van der Waals surface area (Å²) in [5.41, 5.74) is 1.26. The van der Waals surface area contributed by atoms with E-state index in [1.807, 2.05) is 28.4 Å². The van der Waals surface area contributed by atoms with Crippen LogP contribution in [-0.4, -0.2) is 19.1 Å². The third kappa shape index (κ3) is 2.08. The van der Waals surface area contributed by atoms with Gasteiger partial charge in [-0.3, -0.25) is 0 Å². The van der Waals surface area contributed by atoms with Gasteiger partial charge in [0.05, 0.1) is 5.52 Å². The van der Waals surface area contributed by atoms with Gasteiger partial charge in [0.15, 0.2) is 4.77 Å². The Hall–Kier alpha value is -1.95. The molecule has 6 heteroatoms. The lowest BCUT2D eigenvalue weighted by Gasteiger charge is -2.05. The molecule has 0 amide bonds. The van der Waals surface area contributed by atoms with Crippen LogP contribution in [0.15, 0.2) is 30.6 Å². The van der Waals surface area contributed by atoms with Gasteiger partial charge in [-0.15, -0.1) is 0 Å². The number of aromatic amines is 1.